The maximum atomic E-state index is 9.46. The normalized spacial score (nSPS) is 19.9. The molecule has 0 spiro atoms. The van der Waals surface area contributed by atoms with E-state index in [9.17, 15) is 5.26 Å². The van der Waals surface area contributed by atoms with Crippen LogP contribution in [0.15, 0.2) is 72.8 Å². The molecule has 0 saturated heterocycles. The van der Waals surface area contributed by atoms with Gasteiger partial charge in [-0.05, 0) is 35.1 Å². The number of benzene rings is 2. The zero-order valence-electron chi connectivity index (χ0n) is 13.5. The van der Waals surface area contributed by atoms with Gasteiger partial charge in [0.25, 0.3) is 0 Å². The molecule has 1 unspecified atom stereocenters. The van der Waals surface area contributed by atoms with Crippen LogP contribution in [0.2, 0.25) is 0 Å². The monoisotopic (exact) mass is 299 g/mol. The van der Waals surface area contributed by atoms with Crippen molar-refractivity contribution in [1.29, 1.82) is 5.26 Å². The molecule has 2 aromatic carbocycles. The number of nitrogens with zero attached hydrogens (tertiary/aromatic N) is 1. The summed E-state index contributed by atoms with van der Waals surface area (Å²) in [4.78, 5) is 0. The molecule has 23 heavy (non-hydrogen) atoms. The van der Waals surface area contributed by atoms with Gasteiger partial charge in [0.2, 0.25) is 0 Å². The highest BCUT2D eigenvalue weighted by Gasteiger charge is 2.27. The molecule has 0 amide bonds. The molecular weight excluding hydrogens is 278 g/mol. The minimum absolute atomic E-state index is 0.303. The van der Waals surface area contributed by atoms with Gasteiger partial charge in [0, 0.05) is 0 Å². The van der Waals surface area contributed by atoms with Crippen LogP contribution in [0.1, 0.15) is 31.7 Å². The average molecular weight is 299 g/mol. The highest BCUT2D eigenvalue weighted by Crippen LogP contribution is 2.36. The Morgan fingerprint density at radius 2 is 1.61 bits per heavy atom. The van der Waals surface area contributed by atoms with Gasteiger partial charge >= 0.3 is 0 Å². The first-order chi connectivity index (χ1) is 11.3. The summed E-state index contributed by atoms with van der Waals surface area (Å²) in [5.41, 5.74) is 4.59. The first kappa shape index (κ1) is 15.3. The molecule has 0 fully saturated rings. The fourth-order valence-corrected chi connectivity index (χ4v) is 3.15. The van der Waals surface area contributed by atoms with E-state index in [1.165, 1.54) is 22.3 Å². The van der Waals surface area contributed by atoms with E-state index in [0.29, 0.717) is 0 Å². The van der Waals surface area contributed by atoms with Crippen LogP contribution in [0.4, 0.5) is 0 Å². The molecular formula is C22H21N. The Hall–Kier alpha value is -2.59. The second-order valence-corrected chi connectivity index (χ2v) is 6.16. The van der Waals surface area contributed by atoms with E-state index >= 15 is 0 Å². The van der Waals surface area contributed by atoms with E-state index in [2.05, 4.69) is 79.8 Å². The first-order valence-corrected chi connectivity index (χ1v) is 8.23. The van der Waals surface area contributed by atoms with E-state index in [-0.39, 0.29) is 5.41 Å². The largest absolute Gasteiger partial charge is 0.197 e. The number of rotatable bonds is 4. The van der Waals surface area contributed by atoms with E-state index in [4.69, 9.17) is 0 Å². The van der Waals surface area contributed by atoms with Gasteiger partial charge < -0.3 is 0 Å². The van der Waals surface area contributed by atoms with Gasteiger partial charge in [0.1, 0.15) is 0 Å². The molecule has 1 atom stereocenters. The van der Waals surface area contributed by atoms with Crippen LogP contribution in [-0.4, -0.2) is 0 Å². The Labute approximate surface area is 138 Å². The van der Waals surface area contributed by atoms with Crippen molar-refractivity contribution in [2.45, 2.75) is 26.2 Å². The Kier molecular flexibility index (Phi) is 4.44. The molecule has 0 radical (unpaired) electrons. The summed E-state index contributed by atoms with van der Waals surface area (Å²) >= 11 is 0. The summed E-state index contributed by atoms with van der Waals surface area (Å²) in [6.45, 7) is 2.13. The molecule has 1 aliphatic rings. The predicted octanol–water partition coefficient (Wildman–Crippen LogP) is 6.01. The van der Waals surface area contributed by atoms with Crippen molar-refractivity contribution in [2.24, 2.45) is 5.41 Å². The van der Waals surface area contributed by atoms with Crippen LogP contribution in [0, 0.1) is 16.7 Å². The summed E-state index contributed by atoms with van der Waals surface area (Å²) in [6, 6.07) is 21.6. The van der Waals surface area contributed by atoms with Gasteiger partial charge in [-0.15, -0.1) is 0 Å². The maximum absolute atomic E-state index is 9.46. The van der Waals surface area contributed by atoms with Crippen molar-refractivity contribution in [1.82, 2.24) is 0 Å². The molecule has 1 aliphatic carbocycles. The summed E-state index contributed by atoms with van der Waals surface area (Å²) in [5.74, 6) is 0. The lowest BCUT2D eigenvalue weighted by molar-refractivity contribution is 0.460. The molecule has 0 aliphatic heterocycles. The third-order valence-electron chi connectivity index (χ3n) is 4.51. The number of hydrogen-bond donors (Lipinski definition) is 0. The number of allylic oxidation sites excluding steroid dienone is 4. The van der Waals surface area contributed by atoms with Crippen LogP contribution < -0.4 is 0 Å². The Balaban J connectivity index is 1.79. The van der Waals surface area contributed by atoms with Gasteiger partial charge in [-0.3, -0.25) is 0 Å². The Bertz CT molecular complexity index is 760. The van der Waals surface area contributed by atoms with Gasteiger partial charge in [0.05, 0.1) is 11.5 Å². The molecule has 114 valence electrons. The van der Waals surface area contributed by atoms with Crippen LogP contribution in [-0.2, 0) is 0 Å². The van der Waals surface area contributed by atoms with Crippen molar-refractivity contribution in [3.05, 3.63) is 78.4 Å². The molecule has 1 heteroatoms. The first-order valence-electron chi connectivity index (χ1n) is 8.23. The fraction of sp³-hybridized carbons (Fsp3) is 0.227. The third kappa shape index (κ3) is 3.27. The van der Waals surface area contributed by atoms with Crippen LogP contribution in [0.25, 0.3) is 16.7 Å². The highest BCUT2D eigenvalue weighted by molar-refractivity contribution is 5.77. The predicted molar refractivity (Wildman–Crippen MR) is 96.6 cm³/mol. The van der Waals surface area contributed by atoms with Gasteiger partial charge in [0.15, 0.2) is 0 Å². The zero-order chi connectivity index (χ0) is 16.1. The van der Waals surface area contributed by atoms with Crippen molar-refractivity contribution in [3.63, 3.8) is 0 Å². The molecule has 0 saturated carbocycles. The van der Waals surface area contributed by atoms with Crippen molar-refractivity contribution in [3.8, 4) is 17.2 Å². The molecule has 3 rings (SSSR count). The van der Waals surface area contributed by atoms with Gasteiger partial charge in [-0.25, -0.2) is 0 Å². The van der Waals surface area contributed by atoms with Gasteiger partial charge in [-0.1, -0.05) is 86.2 Å². The lowest BCUT2D eigenvalue weighted by atomic mass is 9.77. The Morgan fingerprint density at radius 1 is 0.957 bits per heavy atom. The van der Waals surface area contributed by atoms with E-state index in [1.807, 2.05) is 6.07 Å². The molecule has 0 aromatic heterocycles. The molecule has 0 heterocycles. The molecule has 0 bridgehead atoms. The second-order valence-electron chi connectivity index (χ2n) is 6.16. The van der Waals surface area contributed by atoms with Crippen LogP contribution in [0.3, 0.4) is 0 Å². The van der Waals surface area contributed by atoms with Crippen molar-refractivity contribution in [2.75, 3.05) is 0 Å². The van der Waals surface area contributed by atoms with Crippen LogP contribution >= 0.6 is 0 Å². The average Bonchev–Trinajstić information content (AvgIpc) is 2.63. The quantitative estimate of drug-likeness (QED) is 0.678. The van der Waals surface area contributed by atoms with Gasteiger partial charge in [-0.2, -0.15) is 5.26 Å². The summed E-state index contributed by atoms with van der Waals surface area (Å²) in [6.07, 6.45) is 9.18. The van der Waals surface area contributed by atoms with Crippen molar-refractivity contribution < 1.29 is 0 Å². The second kappa shape index (κ2) is 6.67. The van der Waals surface area contributed by atoms with E-state index < -0.39 is 0 Å². The zero-order valence-corrected chi connectivity index (χ0v) is 13.5. The fourth-order valence-electron chi connectivity index (χ4n) is 3.15. The number of hydrogen-bond acceptors (Lipinski definition) is 1. The minimum Gasteiger partial charge on any atom is -0.197 e. The maximum Gasteiger partial charge on any atom is 0.0791 e. The topological polar surface area (TPSA) is 23.8 Å². The van der Waals surface area contributed by atoms with Crippen molar-refractivity contribution >= 4 is 5.57 Å². The minimum atomic E-state index is -0.303. The number of nitriles is 1. The highest BCUT2D eigenvalue weighted by atomic mass is 14.4. The third-order valence-corrected chi connectivity index (χ3v) is 4.51. The lowest BCUT2D eigenvalue weighted by Gasteiger charge is -2.24. The Morgan fingerprint density at radius 3 is 2.17 bits per heavy atom. The lowest BCUT2D eigenvalue weighted by Crippen LogP contribution is -2.16. The summed E-state index contributed by atoms with van der Waals surface area (Å²) in [5, 5.41) is 9.46. The summed E-state index contributed by atoms with van der Waals surface area (Å²) < 4.78 is 0. The standard InChI is InChI=1S/C22H21N/c1-2-14-22(17-23)15-12-21(13-16-22)20-10-8-19(9-11-20)18-6-4-3-5-7-18/h3-13,15H,2,14,16H2,1H3. The van der Waals surface area contributed by atoms with E-state index in [1.54, 1.807) is 0 Å². The van der Waals surface area contributed by atoms with E-state index in [0.717, 1.165) is 19.3 Å². The van der Waals surface area contributed by atoms with Crippen LogP contribution in [0.5, 0.6) is 0 Å². The smallest absolute Gasteiger partial charge is 0.0791 e. The molecule has 1 nitrogen and oxygen atoms in total. The molecule has 0 N–H and O–H groups in total. The summed E-state index contributed by atoms with van der Waals surface area (Å²) in [7, 11) is 0. The SMILES string of the molecule is CCCC1(C#N)C=CC(c2ccc(-c3ccccc3)cc2)=CC1. The molecule has 2 aromatic rings.